The molecule has 1 atom stereocenters. The average molecular weight is 212 g/mol. The van der Waals surface area contributed by atoms with Gasteiger partial charge in [-0.25, -0.2) is 0 Å². The van der Waals surface area contributed by atoms with E-state index in [-0.39, 0.29) is 11.9 Å². The van der Waals surface area contributed by atoms with Gasteiger partial charge in [0.1, 0.15) is 0 Å². The van der Waals surface area contributed by atoms with Gasteiger partial charge in [0.15, 0.2) is 0 Å². The van der Waals surface area contributed by atoms with Crippen molar-refractivity contribution in [2.75, 3.05) is 14.1 Å². The van der Waals surface area contributed by atoms with E-state index in [9.17, 15) is 4.79 Å². The van der Waals surface area contributed by atoms with E-state index < -0.39 is 0 Å². The molecule has 0 radical (unpaired) electrons. The monoisotopic (exact) mass is 212 g/mol. The molecule has 0 bridgehead atoms. The zero-order chi connectivity index (χ0) is 11.5. The SMILES string of the molecule is C=CCCCCCC[C@H](NC)C(=O)NC. The fourth-order valence-corrected chi connectivity index (χ4v) is 1.57. The van der Waals surface area contributed by atoms with Crippen LogP contribution in [0.3, 0.4) is 0 Å². The second-order valence-corrected chi connectivity index (χ2v) is 3.74. The van der Waals surface area contributed by atoms with Gasteiger partial charge in [-0.05, 0) is 26.3 Å². The Kier molecular flexibility index (Phi) is 9.18. The first-order valence-electron chi connectivity index (χ1n) is 5.76. The van der Waals surface area contributed by atoms with Crippen LogP contribution in [0.25, 0.3) is 0 Å². The van der Waals surface area contributed by atoms with Crippen molar-refractivity contribution in [3.63, 3.8) is 0 Å². The third-order valence-corrected chi connectivity index (χ3v) is 2.56. The van der Waals surface area contributed by atoms with Crippen molar-refractivity contribution in [2.45, 2.75) is 44.6 Å². The van der Waals surface area contributed by atoms with Crippen LogP contribution >= 0.6 is 0 Å². The molecule has 0 saturated carbocycles. The molecule has 3 nitrogen and oxygen atoms in total. The molecule has 0 aliphatic carbocycles. The molecular formula is C12H24N2O. The zero-order valence-electron chi connectivity index (χ0n) is 10.0. The molecule has 0 saturated heterocycles. The Morgan fingerprint density at radius 2 is 1.93 bits per heavy atom. The number of likely N-dealkylation sites (N-methyl/N-ethyl adjacent to an activating group) is 2. The van der Waals surface area contributed by atoms with Gasteiger partial charge < -0.3 is 10.6 Å². The van der Waals surface area contributed by atoms with Crippen LogP contribution in [0.1, 0.15) is 38.5 Å². The number of unbranched alkanes of at least 4 members (excludes halogenated alkanes) is 4. The second kappa shape index (κ2) is 9.71. The molecule has 1 amide bonds. The van der Waals surface area contributed by atoms with Crippen molar-refractivity contribution < 1.29 is 4.79 Å². The molecule has 0 aromatic rings. The first-order valence-corrected chi connectivity index (χ1v) is 5.76. The number of hydrogen-bond donors (Lipinski definition) is 2. The normalized spacial score (nSPS) is 12.1. The summed E-state index contributed by atoms with van der Waals surface area (Å²) in [5, 5.41) is 5.69. The summed E-state index contributed by atoms with van der Waals surface area (Å²) < 4.78 is 0. The summed E-state index contributed by atoms with van der Waals surface area (Å²) in [6, 6.07) is -0.0330. The van der Waals surface area contributed by atoms with Gasteiger partial charge in [0.05, 0.1) is 6.04 Å². The molecule has 0 aromatic heterocycles. The number of allylic oxidation sites excluding steroid dienone is 1. The molecule has 0 aliphatic rings. The van der Waals surface area contributed by atoms with Gasteiger partial charge in [0.25, 0.3) is 0 Å². The maximum Gasteiger partial charge on any atom is 0.236 e. The van der Waals surface area contributed by atoms with Crippen molar-refractivity contribution in [2.24, 2.45) is 0 Å². The summed E-state index contributed by atoms with van der Waals surface area (Å²) >= 11 is 0. The fraction of sp³-hybridized carbons (Fsp3) is 0.750. The minimum absolute atomic E-state index is 0.0330. The van der Waals surface area contributed by atoms with E-state index in [4.69, 9.17) is 0 Å². The quantitative estimate of drug-likeness (QED) is 0.452. The van der Waals surface area contributed by atoms with Crippen molar-refractivity contribution in [3.05, 3.63) is 12.7 Å². The first-order chi connectivity index (χ1) is 7.26. The van der Waals surface area contributed by atoms with Crippen LogP contribution in [0.4, 0.5) is 0 Å². The highest BCUT2D eigenvalue weighted by atomic mass is 16.2. The lowest BCUT2D eigenvalue weighted by atomic mass is 10.1. The van der Waals surface area contributed by atoms with Gasteiger partial charge in [-0.3, -0.25) is 4.79 Å². The van der Waals surface area contributed by atoms with Crippen molar-refractivity contribution >= 4 is 5.91 Å². The summed E-state index contributed by atoms with van der Waals surface area (Å²) in [5.74, 6) is 0.0867. The summed E-state index contributed by atoms with van der Waals surface area (Å²) in [6.07, 6.45) is 8.74. The Morgan fingerprint density at radius 3 is 2.47 bits per heavy atom. The number of carbonyl (C=O) groups excluding carboxylic acids is 1. The highest BCUT2D eigenvalue weighted by Gasteiger charge is 2.13. The third kappa shape index (κ3) is 7.14. The second-order valence-electron chi connectivity index (χ2n) is 3.74. The molecule has 2 N–H and O–H groups in total. The number of rotatable bonds is 9. The predicted octanol–water partition coefficient (Wildman–Crippen LogP) is 1.85. The Bertz CT molecular complexity index is 180. The summed E-state index contributed by atoms with van der Waals surface area (Å²) in [5.41, 5.74) is 0. The minimum Gasteiger partial charge on any atom is -0.358 e. The molecule has 0 aliphatic heterocycles. The van der Waals surface area contributed by atoms with E-state index >= 15 is 0 Å². The van der Waals surface area contributed by atoms with E-state index in [0.29, 0.717) is 0 Å². The first kappa shape index (κ1) is 14.2. The van der Waals surface area contributed by atoms with Gasteiger partial charge in [-0.2, -0.15) is 0 Å². The predicted molar refractivity (Wildman–Crippen MR) is 64.8 cm³/mol. The van der Waals surface area contributed by atoms with Gasteiger partial charge in [0, 0.05) is 7.05 Å². The van der Waals surface area contributed by atoms with Crippen LogP contribution in [0, 0.1) is 0 Å². The van der Waals surface area contributed by atoms with Gasteiger partial charge in [-0.15, -0.1) is 6.58 Å². The number of nitrogens with one attached hydrogen (secondary N) is 2. The minimum atomic E-state index is -0.0330. The topological polar surface area (TPSA) is 41.1 Å². The maximum atomic E-state index is 11.3. The lowest BCUT2D eigenvalue weighted by molar-refractivity contribution is -0.122. The molecule has 88 valence electrons. The Hall–Kier alpha value is -0.830. The molecule has 0 rings (SSSR count). The molecule has 3 heteroatoms. The molecular weight excluding hydrogens is 188 g/mol. The van der Waals surface area contributed by atoms with Crippen LogP contribution in [0.5, 0.6) is 0 Å². The highest BCUT2D eigenvalue weighted by molar-refractivity contribution is 5.81. The van der Waals surface area contributed by atoms with Crippen LogP contribution in [0.15, 0.2) is 12.7 Å². The smallest absolute Gasteiger partial charge is 0.236 e. The largest absolute Gasteiger partial charge is 0.358 e. The van der Waals surface area contributed by atoms with Crippen molar-refractivity contribution in [3.8, 4) is 0 Å². The number of carbonyl (C=O) groups is 1. The fourth-order valence-electron chi connectivity index (χ4n) is 1.57. The Balaban J connectivity index is 3.46. The Labute approximate surface area is 93.3 Å². The van der Waals surface area contributed by atoms with E-state index in [2.05, 4.69) is 17.2 Å². The van der Waals surface area contributed by atoms with E-state index in [1.807, 2.05) is 13.1 Å². The maximum absolute atomic E-state index is 11.3. The Morgan fingerprint density at radius 1 is 1.27 bits per heavy atom. The molecule has 0 unspecified atom stereocenters. The van der Waals surface area contributed by atoms with Crippen molar-refractivity contribution in [1.82, 2.24) is 10.6 Å². The van der Waals surface area contributed by atoms with E-state index in [1.165, 1.54) is 19.3 Å². The zero-order valence-corrected chi connectivity index (χ0v) is 10.0. The number of hydrogen-bond acceptors (Lipinski definition) is 2. The van der Waals surface area contributed by atoms with Crippen molar-refractivity contribution in [1.29, 1.82) is 0 Å². The van der Waals surface area contributed by atoms with Gasteiger partial charge in [0.2, 0.25) is 5.91 Å². The third-order valence-electron chi connectivity index (χ3n) is 2.56. The molecule has 0 spiro atoms. The molecule has 0 heterocycles. The lowest BCUT2D eigenvalue weighted by Crippen LogP contribution is -2.40. The van der Waals surface area contributed by atoms with Crippen LogP contribution in [-0.4, -0.2) is 26.0 Å². The van der Waals surface area contributed by atoms with Crippen LogP contribution < -0.4 is 10.6 Å². The number of amides is 1. The van der Waals surface area contributed by atoms with E-state index in [1.54, 1.807) is 7.05 Å². The lowest BCUT2D eigenvalue weighted by Gasteiger charge is -2.13. The molecule has 15 heavy (non-hydrogen) atoms. The van der Waals surface area contributed by atoms with E-state index in [0.717, 1.165) is 19.3 Å². The van der Waals surface area contributed by atoms with Gasteiger partial charge in [-0.1, -0.05) is 25.3 Å². The standard InChI is InChI=1S/C12H24N2O/c1-4-5-6-7-8-9-10-11(13-2)12(15)14-3/h4,11,13H,1,5-10H2,2-3H3,(H,14,15)/t11-/m0/s1. The summed E-state index contributed by atoms with van der Waals surface area (Å²) in [4.78, 5) is 11.3. The average Bonchev–Trinajstić information content (AvgIpc) is 2.27. The van der Waals surface area contributed by atoms with Crippen LogP contribution in [0.2, 0.25) is 0 Å². The van der Waals surface area contributed by atoms with Gasteiger partial charge >= 0.3 is 0 Å². The molecule has 0 aromatic carbocycles. The molecule has 0 fully saturated rings. The summed E-state index contributed by atoms with van der Waals surface area (Å²) in [7, 11) is 3.51. The summed E-state index contributed by atoms with van der Waals surface area (Å²) in [6.45, 7) is 3.69. The highest BCUT2D eigenvalue weighted by Crippen LogP contribution is 2.07. The van der Waals surface area contributed by atoms with Crippen LogP contribution in [-0.2, 0) is 4.79 Å².